The Balaban J connectivity index is 0.00000130. The number of nitrogens with zero attached hydrogens (tertiary/aromatic N) is 1. The lowest BCUT2D eigenvalue weighted by Gasteiger charge is -2.13. The normalized spacial score (nSPS) is 12.2. The van der Waals surface area contributed by atoms with Gasteiger partial charge in [-0.1, -0.05) is 92.7 Å². The minimum absolute atomic E-state index is 0.919. The molecule has 0 unspecified atom stereocenters. The average Bonchev–Trinajstić information content (AvgIpc) is 3.84. The van der Waals surface area contributed by atoms with E-state index in [0.29, 0.717) is 0 Å². The Morgan fingerprint density at radius 2 is 1.11 bits per heavy atom. The molecule has 0 atom stereocenters. The highest BCUT2D eigenvalue weighted by atomic mass is 16.3. The van der Waals surface area contributed by atoms with E-state index in [2.05, 4.69) is 120 Å². The van der Waals surface area contributed by atoms with E-state index in [4.69, 9.17) is 8.83 Å². The number of rotatable bonds is 1. The summed E-state index contributed by atoms with van der Waals surface area (Å²) in [5.41, 5.74) is 12.3. The Bertz CT molecular complexity index is 2840. The van der Waals surface area contributed by atoms with Gasteiger partial charge in [0.05, 0.1) is 22.1 Å². The highest BCUT2D eigenvalue weighted by Gasteiger charge is 2.28. The summed E-state index contributed by atoms with van der Waals surface area (Å²) in [7, 11) is 0. The van der Waals surface area contributed by atoms with Crippen LogP contribution in [0.25, 0.3) is 104 Å². The van der Waals surface area contributed by atoms with Crippen LogP contribution in [0.4, 0.5) is 0 Å². The monoisotopic (exact) mass is 577 g/mol. The molecular weight excluding hydrogens is 550 g/mol. The quantitative estimate of drug-likeness (QED) is 0.194. The predicted octanol–water partition coefficient (Wildman–Crippen LogP) is 12.4. The molecule has 1 aliphatic carbocycles. The standard InChI is InChI=1S/C40H21NO2.C2H6/c1-4-13-30-27(9-1)38-32(20-16-25-22-8-2-5-14-33(22)43-40(25)38)41(30)31-19-17-29-36-23(11-7-12-26(31)36)24-18-21-35-39(37(24)29)28-10-3-6-15-34(28)42-35;1-2/h1-21H;1-2H3. The number of benzene rings is 7. The van der Waals surface area contributed by atoms with Crippen molar-refractivity contribution in [3.63, 3.8) is 0 Å². The van der Waals surface area contributed by atoms with Gasteiger partial charge in [0.2, 0.25) is 0 Å². The zero-order chi connectivity index (χ0) is 29.8. The largest absolute Gasteiger partial charge is 0.456 e. The van der Waals surface area contributed by atoms with Crippen LogP contribution in [0.3, 0.4) is 0 Å². The van der Waals surface area contributed by atoms with Gasteiger partial charge in [-0.3, -0.25) is 0 Å². The lowest BCUT2D eigenvalue weighted by molar-refractivity contribution is 0.669. The minimum Gasteiger partial charge on any atom is -0.456 e. The van der Waals surface area contributed by atoms with Crippen molar-refractivity contribution in [2.45, 2.75) is 13.8 Å². The van der Waals surface area contributed by atoms with E-state index >= 15 is 0 Å². The smallest absolute Gasteiger partial charge is 0.145 e. The first-order chi connectivity index (χ1) is 22.3. The molecule has 0 N–H and O–H groups in total. The second-order valence-corrected chi connectivity index (χ2v) is 11.6. The van der Waals surface area contributed by atoms with Gasteiger partial charge in [0.15, 0.2) is 0 Å². The molecule has 0 saturated heterocycles. The molecule has 45 heavy (non-hydrogen) atoms. The van der Waals surface area contributed by atoms with Crippen molar-refractivity contribution in [3.05, 3.63) is 127 Å². The molecule has 3 heteroatoms. The summed E-state index contributed by atoms with van der Waals surface area (Å²) in [4.78, 5) is 0. The molecule has 0 saturated carbocycles. The molecule has 7 aromatic carbocycles. The average molecular weight is 578 g/mol. The Kier molecular flexibility index (Phi) is 4.85. The molecule has 11 rings (SSSR count). The minimum atomic E-state index is 0.919. The molecule has 3 nitrogen and oxygen atoms in total. The van der Waals surface area contributed by atoms with Crippen LogP contribution in [0.2, 0.25) is 0 Å². The molecule has 0 radical (unpaired) electrons. The van der Waals surface area contributed by atoms with Crippen molar-refractivity contribution < 1.29 is 8.83 Å². The van der Waals surface area contributed by atoms with Crippen molar-refractivity contribution in [2.75, 3.05) is 0 Å². The Hall–Kier alpha value is -5.80. The van der Waals surface area contributed by atoms with E-state index in [1.54, 1.807) is 0 Å². The summed E-state index contributed by atoms with van der Waals surface area (Å²) in [5.74, 6) is 0. The third kappa shape index (κ3) is 3.05. The predicted molar refractivity (Wildman–Crippen MR) is 189 cm³/mol. The van der Waals surface area contributed by atoms with Crippen LogP contribution in [0.5, 0.6) is 0 Å². The Morgan fingerprint density at radius 3 is 1.98 bits per heavy atom. The lowest BCUT2D eigenvalue weighted by atomic mass is 9.98. The number of hydrogen-bond donors (Lipinski definition) is 0. The van der Waals surface area contributed by atoms with Crippen molar-refractivity contribution >= 4 is 76.5 Å². The lowest BCUT2D eigenvalue weighted by Crippen LogP contribution is -1.95. The second-order valence-electron chi connectivity index (χ2n) is 11.6. The van der Waals surface area contributed by atoms with E-state index in [9.17, 15) is 0 Å². The SMILES string of the molecule is CC.c1ccc2c(c1)oc1c2ccc2c1c1ccccc1n2-c1ccc2c3c(cccc13)-c1ccc3oc4ccccc4c3c1-2. The van der Waals surface area contributed by atoms with E-state index < -0.39 is 0 Å². The Morgan fingerprint density at radius 1 is 0.400 bits per heavy atom. The van der Waals surface area contributed by atoms with E-state index in [1.807, 2.05) is 26.0 Å². The highest BCUT2D eigenvalue weighted by molar-refractivity contribution is 6.28. The van der Waals surface area contributed by atoms with Crippen molar-refractivity contribution in [1.29, 1.82) is 0 Å². The summed E-state index contributed by atoms with van der Waals surface area (Å²) in [5, 5.41) is 9.54. The molecular formula is C42H27NO2. The van der Waals surface area contributed by atoms with Gasteiger partial charge < -0.3 is 13.4 Å². The number of furan rings is 2. The molecule has 0 spiro atoms. The summed E-state index contributed by atoms with van der Waals surface area (Å²) in [6, 6.07) is 45.6. The Labute approximate surface area is 258 Å². The van der Waals surface area contributed by atoms with Gasteiger partial charge in [-0.05, 0) is 70.6 Å². The molecule has 0 bridgehead atoms. The third-order valence-corrected chi connectivity index (χ3v) is 9.54. The summed E-state index contributed by atoms with van der Waals surface area (Å²) >= 11 is 0. The molecule has 0 fully saturated rings. The fourth-order valence-electron chi connectivity index (χ4n) is 7.83. The van der Waals surface area contributed by atoms with Gasteiger partial charge in [0.25, 0.3) is 0 Å². The maximum Gasteiger partial charge on any atom is 0.145 e. The molecule has 0 aliphatic heterocycles. The van der Waals surface area contributed by atoms with Gasteiger partial charge in [-0.15, -0.1) is 0 Å². The highest BCUT2D eigenvalue weighted by Crippen LogP contribution is 2.53. The molecule has 1 aliphatic rings. The van der Waals surface area contributed by atoms with Crippen LogP contribution in [-0.4, -0.2) is 4.57 Å². The van der Waals surface area contributed by atoms with Gasteiger partial charge in [-0.25, -0.2) is 0 Å². The molecule has 3 heterocycles. The summed E-state index contributed by atoms with van der Waals surface area (Å²) in [6.07, 6.45) is 0. The van der Waals surface area contributed by atoms with Crippen LogP contribution < -0.4 is 0 Å². The number of aromatic nitrogens is 1. The second kappa shape index (κ2) is 8.87. The topological polar surface area (TPSA) is 31.2 Å². The van der Waals surface area contributed by atoms with Gasteiger partial charge in [0.1, 0.15) is 22.3 Å². The fraction of sp³-hybridized carbons (Fsp3) is 0.0476. The first-order valence-electron chi connectivity index (χ1n) is 15.7. The first-order valence-corrected chi connectivity index (χ1v) is 15.7. The van der Waals surface area contributed by atoms with Crippen LogP contribution in [0, 0.1) is 0 Å². The maximum absolute atomic E-state index is 6.55. The van der Waals surface area contributed by atoms with Crippen molar-refractivity contribution in [1.82, 2.24) is 4.57 Å². The summed E-state index contributed by atoms with van der Waals surface area (Å²) < 4.78 is 15.3. The van der Waals surface area contributed by atoms with E-state index in [0.717, 1.165) is 49.4 Å². The van der Waals surface area contributed by atoms with Crippen molar-refractivity contribution in [3.8, 4) is 27.9 Å². The van der Waals surface area contributed by atoms with Crippen LogP contribution in [-0.2, 0) is 0 Å². The number of para-hydroxylation sites is 3. The zero-order valence-corrected chi connectivity index (χ0v) is 24.9. The number of fused-ring (bicyclic) bond motifs is 14. The summed E-state index contributed by atoms with van der Waals surface area (Å²) in [6.45, 7) is 4.00. The zero-order valence-electron chi connectivity index (χ0n) is 24.9. The van der Waals surface area contributed by atoms with Crippen LogP contribution >= 0.6 is 0 Å². The van der Waals surface area contributed by atoms with Crippen molar-refractivity contribution in [2.24, 2.45) is 0 Å². The van der Waals surface area contributed by atoms with Gasteiger partial charge >= 0.3 is 0 Å². The number of hydrogen-bond acceptors (Lipinski definition) is 2. The molecule has 3 aromatic heterocycles. The molecule has 0 amide bonds. The molecule has 10 aromatic rings. The first kappa shape index (κ1) is 24.6. The van der Waals surface area contributed by atoms with E-state index in [-0.39, 0.29) is 0 Å². The van der Waals surface area contributed by atoms with Crippen LogP contribution in [0.15, 0.2) is 136 Å². The third-order valence-electron chi connectivity index (χ3n) is 9.54. The van der Waals surface area contributed by atoms with Gasteiger partial charge in [0, 0.05) is 37.9 Å². The fourth-order valence-corrected chi connectivity index (χ4v) is 7.83. The van der Waals surface area contributed by atoms with Crippen LogP contribution in [0.1, 0.15) is 13.8 Å². The van der Waals surface area contributed by atoms with E-state index in [1.165, 1.54) is 55.0 Å². The van der Waals surface area contributed by atoms with Gasteiger partial charge in [-0.2, -0.15) is 0 Å². The molecule has 212 valence electrons. The maximum atomic E-state index is 6.55.